The van der Waals surface area contributed by atoms with Crippen molar-refractivity contribution in [2.24, 2.45) is 7.05 Å². The number of nitrogens with one attached hydrogen (secondary N) is 1. The van der Waals surface area contributed by atoms with Crippen molar-refractivity contribution >= 4 is 0 Å². The van der Waals surface area contributed by atoms with Gasteiger partial charge in [0.05, 0.1) is 17.4 Å². The lowest BCUT2D eigenvalue weighted by Gasteiger charge is -2.04. The van der Waals surface area contributed by atoms with Crippen LogP contribution in [0, 0.1) is 0 Å². The normalized spacial score (nSPS) is 19.7. The smallest absolute Gasteiger partial charge is 0.0800 e. The largest absolute Gasteiger partial charge is 0.309 e. The maximum absolute atomic E-state index is 4.60. The molecule has 0 saturated carbocycles. The Morgan fingerprint density at radius 2 is 2.41 bits per heavy atom. The van der Waals surface area contributed by atoms with Crippen molar-refractivity contribution in [3.63, 3.8) is 0 Å². The molecule has 1 N–H and O–H groups in total. The van der Waals surface area contributed by atoms with Crippen molar-refractivity contribution < 1.29 is 0 Å². The minimum absolute atomic E-state index is 0.423. The van der Waals surface area contributed by atoms with E-state index in [4.69, 9.17) is 0 Å². The van der Waals surface area contributed by atoms with E-state index in [1.807, 2.05) is 24.0 Å². The Balaban J connectivity index is 1.96. The first kappa shape index (κ1) is 10.5. The van der Waals surface area contributed by atoms with Gasteiger partial charge in [0.1, 0.15) is 0 Å². The van der Waals surface area contributed by atoms with Crippen LogP contribution in [0.5, 0.6) is 0 Å². The Bertz CT molecular complexity index is 497. The van der Waals surface area contributed by atoms with E-state index in [0.29, 0.717) is 6.04 Å². The van der Waals surface area contributed by atoms with Gasteiger partial charge in [-0.2, -0.15) is 5.10 Å². The van der Waals surface area contributed by atoms with E-state index < -0.39 is 0 Å². The molecular formula is C13H16N4. The van der Waals surface area contributed by atoms with Crippen LogP contribution in [0.15, 0.2) is 30.6 Å². The maximum atomic E-state index is 4.60. The molecule has 1 aliphatic heterocycles. The molecule has 2 aromatic rings. The first-order chi connectivity index (χ1) is 8.34. The Labute approximate surface area is 101 Å². The van der Waals surface area contributed by atoms with E-state index in [-0.39, 0.29) is 0 Å². The second kappa shape index (κ2) is 4.30. The predicted molar refractivity (Wildman–Crippen MR) is 66.4 cm³/mol. The minimum Gasteiger partial charge on any atom is -0.309 e. The summed E-state index contributed by atoms with van der Waals surface area (Å²) in [6.45, 7) is 1.10. The zero-order valence-electron chi connectivity index (χ0n) is 9.93. The third kappa shape index (κ3) is 1.96. The van der Waals surface area contributed by atoms with E-state index >= 15 is 0 Å². The summed E-state index contributed by atoms with van der Waals surface area (Å²) in [6, 6.07) is 6.61. The van der Waals surface area contributed by atoms with Crippen LogP contribution >= 0.6 is 0 Å². The van der Waals surface area contributed by atoms with Gasteiger partial charge < -0.3 is 5.32 Å². The van der Waals surface area contributed by atoms with Crippen LogP contribution in [0.25, 0.3) is 11.3 Å². The number of nitrogens with zero attached hydrogens (tertiary/aromatic N) is 3. The molecule has 1 saturated heterocycles. The first-order valence-corrected chi connectivity index (χ1v) is 6.02. The quantitative estimate of drug-likeness (QED) is 0.853. The van der Waals surface area contributed by atoms with Gasteiger partial charge in [0, 0.05) is 25.0 Å². The number of aromatic nitrogens is 3. The molecular weight excluding hydrogens is 212 g/mol. The summed E-state index contributed by atoms with van der Waals surface area (Å²) < 4.78 is 1.94. The number of hydrogen-bond donors (Lipinski definition) is 1. The fourth-order valence-corrected chi connectivity index (χ4v) is 2.38. The lowest BCUT2D eigenvalue weighted by molar-refractivity contribution is 0.607. The van der Waals surface area contributed by atoms with Gasteiger partial charge in [-0.25, -0.2) is 0 Å². The van der Waals surface area contributed by atoms with E-state index in [0.717, 1.165) is 23.5 Å². The third-order valence-corrected chi connectivity index (χ3v) is 3.27. The van der Waals surface area contributed by atoms with Crippen molar-refractivity contribution in [1.29, 1.82) is 0 Å². The van der Waals surface area contributed by atoms with Crippen LogP contribution in [0.2, 0.25) is 0 Å². The molecule has 0 radical (unpaired) electrons. The van der Waals surface area contributed by atoms with Crippen LogP contribution < -0.4 is 5.32 Å². The molecule has 1 atom stereocenters. The highest BCUT2D eigenvalue weighted by molar-refractivity contribution is 5.58. The predicted octanol–water partition coefficient (Wildman–Crippen LogP) is 1.91. The molecule has 4 nitrogen and oxygen atoms in total. The Morgan fingerprint density at radius 3 is 3.12 bits per heavy atom. The Kier molecular flexibility index (Phi) is 2.65. The summed E-state index contributed by atoms with van der Waals surface area (Å²) >= 11 is 0. The SMILES string of the molecule is Cn1nc(C2CCCN2)cc1-c1cccnc1. The fourth-order valence-electron chi connectivity index (χ4n) is 2.38. The molecule has 2 aromatic heterocycles. The summed E-state index contributed by atoms with van der Waals surface area (Å²) in [7, 11) is 1.99. The molecule has 1 aliphatic rings. The van der Waals surface area contributed by atoms with Gasteiger partial charge in [-0.05, 0) is 37.6 Å². The summed E-state index contributed by atoms with van der Waals surface area (Å²) in [4.78, 5) is 4.15. The number of rotatable bonds is 2. The second-order valence-electron chi connectivity index (χ2n) is 4.47. The maximum Gasteiger partial charge on any atom is 0.0800 e. The van der Waals surface area contributed by atoms with Crippen molar-refractivity contribution in [3.8, 4) is 11.3 Å². The van der Waals surface area contributed by atoms with Gasteiger partial charge in [-0.1, -0.05) is 0 Å². The molecule has 4 heteroatoms. The lowest BCUT2D eigenvalue weighted by Crippen LogP contribution is -2.13. The minimum atomic E-state index is 0.423. The lowest BCUT2D eigenvalue weighted by atomic mass is 10.1. The standard InChI is InChI=1S/C13H16N4/c1-17-13(10-4-2-6-14-9-10)8-12(16-17)11-5-3-7-15-11/h2,4,6,8-9,11,15H,3,5,7H2,1H3. The molecule has 1 fully saturated rings. The van der Waals surface area contributed by atoms with Crippen molar-refractivity contribution in [2.45, 2.75) is 18.9 Å². The van der Waals surface area contributed by atoms with Gasteiger partial charge in [0.25, 0.3) is 0 Å². The summed E-state index contributed by atoms with van der Waals surface area (Å²) in [5.74, 6) is 0. The number of pyridine rings is 1. The third-order valence-electron chi connectivity index (χ3n) is 3.27. The highest BCUT2D eigenvalue weighted by Crippen LogP contribution is 2.26. The van der Waals surface area contributed by atoms with Crippen LogP contribution in [0.1, 0.15) is 24.6 Å². The first-order valence-electron chi connectivity index (χ1n) is 6.02. The fraction of sp³-hybridized carbons (Fsp3) is 0.385. The molecule has 0 amide bonds. The van der Waals surface area contributed by atoms with Crippen LogP contribution in [0.3, 0.4) is 0 Å². The zero-order valence-corrected chi connectivity index (χ0v) is 9.93. The van der Waals surface area contributed by atoms with Gasteiger partial charge in [-0.3, -0.25) is 9.67 Å². The summed E-state index contributed by atoms with van der Waals surface area (Å²) in [6.07, 6.45) is 6.09. The number of aryl methyl sites for hydroxylation is 1. The molecule has 17 heavy (non-hydrogen) atoms. The van der Waals surface area contributed by atoms with Gasteiger partial charge >= 0.3 is 0 Å². The Hall–Kier alpha value is -1.68. The molecule has 88 valence electrons. The monoisotopic (exact) mass is 228 g/mol. The molecule has 3 rings (SSSR count). The van der Waals surface area contributed by atoms with E-state index in [1.54, 1.807) is 6.20 Å². The van der Waals surface area contributed by atoms with E-state index in [9.17, 15) is 0 Å². The van der Waals surface area contributed by atoms with Gasteiger partial charge in [0.15, 0.2) is 0 Å². The molecule has 0 aliphatic carbocycles. The Morgan fingerprint density at radius 1 is 1.47 bits per heavy atom. The summed E-state index contributed by atoms with van der Waals surface area (Å²) in [5, 5.41) is 8.07. The van der Waals surface area contributed by atoms with Gasteiger partial charge in [0.2, 0.25) is 0 Å². The van der Waals surface area contributed by atoms with Crippen molar-refractivity contribution in [2.75, 3.05) is 6.54 Å². The topological polar surface area (TPSA) is 42.7 Å². The highest BCUT2D eigenvalue weighted by Gasteiger charge is 2.20. The second-order valence-corrected chi connectivity index (χ2v) is 4.47. The van der Waals surface area contributed by atoms with Gasteiger partial charge in [-0.15, -0.1) is 0 Å². The highest BCUT2D eigenvalue weighted by atomic mass is 15.3. The molecule has 0 aromatic carbocycles. The number of hydrogen-bond acceptors (Lipinski definition) is 3. The van der Waals surface area contributed by atoms with Crippen LogP contribution in [0.4, 0.5) is 0 Å². The average Bonchev–Trinajstić information content (AvgIpc) is 2.99. The molecule has 0 bridgehead atoms. The average molecular weight is 228 g/mol. The van der Waals surface area contributed by atoms with Crippen LogP contribution in [-0.4, -0.2) is 21.3 Å². The molecule has 1 unspecified atom stereocenters. The van der Waals surface area contributed by atoms with E-state index in [1.165, 1.54) is 12.8 Å². The summed E-state index contributed by atoms with van der Waals surface area (Å²) in [5.41, 5.74) is 3.39. The zero-order chi connectivity index (χ0) is 11.7. The molecule has 3 heterocycles. The van der Waals surface area contributed by atoms with Crippen molar-refractivity contribution in [3.05, 3.63) is 36.3 Å². The van der Waals surface area contributed by atoms with Crippen molar-refractivity contribution in [1.82, 2.24) is 20.1 Å². The van der Waals surface area contributed by atoms with Crippen LogP contribution in [-0.2, 0) is 7.05 Å². The van der Waals surface area contributed by atoms with E-state index in [2.05, 4.69) is 27.5 Å². The molecule has 0 spiro atoms.